The molecule has 0 aromatic heterocycles. The average Bonchev–Trinajstić information content (AvgIpc) is 2.87. The number of piperidine rings is 1. The fourth-order valence-electron chi connectivity index (χ4n) is 6.97. The summed E-state index contributed by atoms with van der Waals surface area (Å²) in [4.78, 5) is 4.90. The van der Waals surface area contributed by atoms with Crippen LogP contribution < -0.4 is 10.6 Å². The van der Waals surface area contributed by atoms with Crippen LogP contribution in [0.3, 0.4) is 0 Å². The van der Waals surface area contributed by atoms with Crippen molar-refractivity contribution in [2.75, 3.05) is 39.4 Å². The highest BCUT2D eigenvalue weighted by molar-refractivity contribution is 5.04. The van der Waals surface area contributed by atoms with Crippen LogP contribution in [0.1, 0.15) is 113 Å². The maximum absolute atomic E-state index is 11.6. The fraction of sp³-hybridized carbons (Fsp3) is 1.00. The lowest BCUT2D eigenvalue weighted by Gasteiger charge is -2.56. The van der Waals surface area contributed by atoms with Crippen LogP contribution in [-0.2, 0) is 4.74 Å². The number of nitrogens with zero attached hydrogens (tertiary/aromatic N) is 2. The van der Waals surface area contributed by atoms with Gasteiger partial charge in [-0.15, -0.1) is 0 Å². The molecule has 2 aliphatic carbocycles. The van der Waals surface area contributed by atoms with E-state index >= 15 is 0 Å². The van der Waals surface area contributed by atoms with Gasteiger partial charge in [0.1, 0.15) is 12.5 Å². The van der Waals surface area contributed by atoms with Gasteiger partial charge in [-0.05, 0) is 77.2 Å². The van der Waals surface area contributed by atoms with E-state index in [1.54, 1.807) is 0 Å². The first-order valence-corrected chi connectivity index (χ1v) is 16.4. The Morgan fingerprint density at radius 2 is 1.62 bits per heavy atom. The van der Waals surface area contributed by atoms with Gasteiger partial charge in [-0.3, -0.25) is 15.1 Å². The molecule has 0 aromatic carbocycles. The molecule has 39 heavy (non-hydrogen) atoms. The highest BCUT2D eigenvalue weighted by Gasteiger charge is 2.50. The Morgan fingerprint density at radius 1 is 0.974 bits per heavy atom. The van der Waals surface area contributed by atoms with Gasteiger partial charge in [0, 0.05) is 49.8 Å². The SMILES string of the molecule is CCN(CC(C)NC(C)C(COCC1CCCCC1)NC(O)C(C)(C)C)C1(C(O)N2CCC(C)CC2)CCC1. The van der Waals surface area contributed by atoms with Gasteiger partial charge in [0.2, 0.25) is 0 Å². The average molecular weight is 553 g/mol. The van der Waals surface area contributed by atoms with Gasteiger partial charge >= 0.3 is 0 Å². The van der Waals surface area contributed by atoms with Crippen LogP contribution in [0.5, 0.6) is 0 Å². The van der Waals surface area contributed by atoms with Gasteiger partial charge in [-0.25, -0.2) is 0 Å². The number of likely N-dealkylation sites (N-methyl/N-ethyl adjacent to an activating group) is 1. The van der Waals surface area contributed by atoms with Crippen molar-refractivity contribution in [1.29, 1.82) is 0 Å². The minimum Gasteiger partial charge on any atom is -0.379 e. The van der Waals surface area contributed by atoms with E-state index in [2.05, 4.69) is 68.9 Å². The first-order valence-electron chi connectivity index (χ1n) is 16.4. The van der Waals surface area contributed by atoms with E-state index in [9.17, 15) is 10.2 Å². The third kappa shape index (κ3) is 9.36. The summed E-state index contributed by atoms with van der Waals surface area (Å²) in [5, 5.41) is 29.8. The molecule has 4 N–H and O–H groups in total. The molecular weight excluding hydrogens is 488 g/mol. The monoisotopic (exact) mass is 552 g/mol. The maximum atomic E-state index is 11.6. The molecule has 230 valence electrons. The van der Waals surface area contributed by atoms with Crippen LogP contribution >= 0.6 is 0 Å². The minimum absolute atomic E-state index is 0.0129. The van der Waals surface area contributed by atoms with Crippen molar-refractivity contribution in [3.63, 3.8) is 0 Å². The normalized spacial score (nSPS) is 25.7. The predicted molar refractivity (Wildman–Crippen MR) is 162 cm³/mol. The van der Waals surface area contributed by atoms with Crippen molar-refractivity contribution < 1.29 is 14.9 Å². The van der Waals surface area contributed by atoms with Crippen molar-refractivity contribution in [1.82, 2.24) is 20.4 Å². The van der Waals surface area contributed by atoms with Crippen molar-refractivity contribution in [2.24, 2.45) is 17.3 Å². The third-order valence-electron chi connectivity index (χ3n) is 10.1. The van der Waals surface area contributed by atoms with Crippen LogP contribution in [-0.4, -0.2) is 95.5 Å². The molecule has 7 nitrogen and oxygen atoms in total. The number of nitrogens with one attached hydrogen (secondary N) is 2. The third-order valence-corrected chi connectivity index (χ3v) is 10.1. The van der Waals surface area contributed by atoms with Crippen LogP contribution in [0.25, 0.3) is 0 Å². The van der Waals surface area contributed by atoms with Crippen LogP contribution in [0.15, 0.2) is 0 Å². The van der Waals surface area contributed by atoms with E-state index in [0.717, 1.165) is 51.5 Å². The molecule has 0 amide bonds. The molecule has 0 spiro atoms. The molecule has 3 aliphatic rings. The second-order valence-electron chi connectivity index (χ2n) is 14.5. The van der Waals surface area contributed by atoms with Crippen molar-refractivity contribution in [3.05, 3.63) is 0 Å². The Bertz CT molecular complexity index is 683. The fourth-order valence-corrected chi connectivity index (χ4v) is 6.97. The van der Waals surface area contributed by atoms with E-state index in [-0.39, 0.29) is 35.3 Å². The summed E-state index contributed by atoms with van der Waals surface area (Å²) in [5.41, 5.74) is -0.372. The smallest absolute Gasteiger partial charge is 0.125 e. The van der Waals surface area contributed by atoms with Gasteiger partial charge < -0.3 is 20.3 Å². The van der Waals surface area contributed by atoms with Gasteiger partial charge in [0.15, 0.2) is 0 Å². The molecule has 0 aromatic rings. The van der Waals surface area contributed by atoms with Crippen molar-refractivity contribution >= 4 is 0 Å². The van der Waals surface area contributed by atoms with Crippen molar-refractivity contribution in [3.8, 4) is 0 Å². The van der Waals surface area contributed by atoms with E-state index < -0.39 is 6.23 Å². The number of aliphatic hydroxyl groups excluding tert-OH is 2. The second-order valence-corrected chi connectivity index (χ2v) is 14.5. The summed E-state index contributed by atoms with van der Waals surface area (Å²) in [5.74, 6) is 1.45. The lowest BCUT2D eigenvalue weighted by Crippen LogP contribution is -2.68. The molecule has 1 heterocycles. The largest absolute Gasteiger partial charge is 0.379 e. The van der Waals surface area contributed by atoms with E-state index in [1.165, 1.54) is 51.4 Å². The van der Waals surface area contributed by atoms with Gasteiger partial charge in [-0.1, -0.05) is 53.9 Å². The van der Waals surface area contributed by atoms with Crippen LogP contribution in [0.4, 0.5) is 0 Å². The van der Waals surface area contributed by atoms with E-state index in [0.29, 0.717) is 12.5 Å². The van der Waals surface area contributed by atoms with Crippen molar-refractivity contribution in [2.45, 2.75) is 149 Å². The Kier molecular flexibility index (Phi) is 13.0. The Labute approximate surface area is 240 Å². The zero-order chi connectivity index (χ0) is 28.6. The lowest BCUT2D eigenvalue weighted by molar-refractivity contribution is -0.158. The Balaban J connectivity index is 1.58. The molecule has 3 fully saturated rings. The van der Waals surface area contributed by atoms with E-state index in [1.807, 2.05) is 0 Å². The van der Waals surface area contributed by atoms with Gasteiger partial charge in [0.05, 0.1) is 12.1 Å². The summed E-state index contributed by atoms with van der Waals surface area (Å²) in [7, 11) is 0. The number of likely N-dealkylation sites (tertiary alicyclic amines) is 1. The summed E-state index contributed by atoms with van der Waals surface area (Å²) in [6.07, 6.45) is 11.3. The summed E-state index contributed by atoms with van der Waals surface area (Å²) in [6, 6.07) is 0.396. The molecule has 3 rings (SSSR count). The molecule has 5 atom stereocenters. The summed E-state index contributed by atoms with van der Waals surface area (Å²) < 4.78 is 6.28. The maximum Gasteiger partial charge on any atom is 0.125 e. The topological polar surface area (TPSA) is 80.2 Å². The first-order chi connectivity index (χ1) is 18.5. The van der Waals surface area contributed by atoms with Crippen LogP contribution in [0, 0.1) is 17.3 Å². The second kappa shape index (κ2) is 15.3. The minimum atomic E-state index is -0.604. The zero-order valence-corrected chi connectivity index (χ0v) is 26.6. The highest BCUT2D eigenvalue weighted by atomic mass is 16.5. The number of hydrogen-bond donors (Lipinski definition) is 4. The van der Waals surface area contributed by atoms with Crippen LogP contribution in [0.2, 0.25) is 0 Å². The highest BCUT2D eigenvalue weighted by Crippen LogP contribution is 2.42. The molecular formula is C32H64N4O3. The lowest BCUT2D eigenvalue weighted by atomic mass is 9.72. The number of aliphatic hydroxyl groups is 2. The molecule has 0 radical (unpaired) electrons. The predicted octanol–water partition coefficient (Wildman–Crippen LogP) is 4.57. The molecule has 0 bridgehead atoms. The van der Waals surface area contributed by atoms with Gasteiger partial charge in [0.25, 0.3) is 0 Å². The summed E-state index contributed by atoms with van der Waals surface area (Å²) >= 11 is 0. The number of hydrogen-bond acceptors (Lipinski definition) is 7. The summed E-state index contributed by atoms with van der Waals surface area (Å²) in [6.45, 7) is 20.5. The molecule has 1 saturated heterocycles. The number of rotatable bonds is 15. The first kappa shape index (κ1) is 33.2. The molecule has 5 unspecified atom stereocenters. The zero-order valence-electron chi connectivity index (χ0n) is 26.6. The molecule has 2 saturated carbocycles. The Morgan fingerprint density at radius 3 is 2.15 bits per heavy atom. The standard InChI is InChI=1S/C32H64N4O3/c1-8-36(32(17-12-18-32)30(38)35-19-15-24(2)16-20-35)21-25(3)33-26(4)28(34-29(37)31(5,6)7)23-39-22-27-13-10-9-11-14-27/h24-30,33-34,37-38H,8-23H2,1-7H3. The molecule has 1 aliphatic heterocycles. The van der Waals surface area contributed by atoms with E-state index in [4.69, 9.17) is 4.74 Å². The quantitative estimate of drug-likeness (QED) is 0.222. The Hall–Kier alpha value is -0.280. The van der Waals surface area contributed by atoms with Gasteiger partial charge in [-0.2, -0.15) is 0 Å². The number of ether oxygens (including phenoxy) is 1. The molecule has 7 heteroatoms.